The van der Waals surface area contributed by atoms with Gasteiger partial charge in [-0.1, -0.05) is 49.7 Å². The van der Waals surface area contributed by atoms with E-state index in [1.165, 1.54) is 24.3 Å². The van der Waals surface area contributed by atoms with Gasteiger partial charge in [-0.05, 0) is 48.5 Å². The number of rotatable bonds is 8. The van der Waals surface area contributed by atoms with Crippen molar-refractivity contribution in [3.05, 3.63) is 76.8 Å². The maximum atomic E-state index is 13.7. The molecule has 10 heteroatoms. The van der Waals surface area contributed by atoms with Gasteiger partial charge >= 0.3 is 6.18 Å². The first-order valence-electron chi connectivity index (χ1n) is 9.96. The summed E-state index contributed by atoms with van der Waals surface area (Å²) in [6.45, 7) is 5.56. The highest BCUT2D eigenvalue weighted by atomic mass is 35.5. The van der Waals surface area contributed by atoms with Crippen molar-refractivity contribution in [2.45, 2.75) is 25.9 Å². The van der Waals surface area contributed by atoms with Gasteiger partial charge in [0.25, 0.3) is 5.91 Å². The molecule has 0 unspecified atom stereocenters. The smallest absolute Gasteiger partial charge is 0.417 e. The lowest BCUT2D eigenvalue weighted by Gasteiger charge is -2.23. The van der Waals surface area contributed by atoms with Crippen molar-refractivity contribution < 1.29 is 22.7 Å². The number of amides is 1. The molecule has 0 spiro atoms. The van der Waals surface area contributed by atoms with Crippen LogP contribution in [-0.4, -0.2) is 34.2 Å². The molecule has 0 fully saturated rings. The lowest BCUT2D eigenvalue weighted by atomic mass is 10.1. The third kappa shape index (κ3) is 7.10. The van der Waals surface area contributed by atoms with Crippen LogP contribution >= 0.6 is 23.4 Å². The van der Waals surface area contributed by atoms with E-state index in [0.29, 0.717) is 18.2 Å². The third-order valence-electron chi connectivity index (χ3n) is 4.44. The fourth-order valence-corrected chi connectivity index (χ4v) is 3.78. The molecule has 0 saturated carbocycles. The van der Waals surface area contributed by atoms with Gasteiger partial charge in [0.2, 0.25) is 0 Å². The molecule has 0 aliphatic rings. The van der Waals surface area contributed by atoms with Crippen LogP contribution in [0.2, 0.25) is 5.02 Å². The van der Waals surface area contributed by atoms with E-state index in [0.717, 1.165) is 23.5 Å². The Morgan fingerprint density at radius 2 is 1.91 bits per heavy atom. The Labute approximate surface area is 199 Å². The van der Waals surface area contributed by atoms with Crippen LogP contribution in [0.25, 0.3) is 0 Å². The first kappa shape index (κ1) is 26.5. The molecule has 176 valence electrons. The minimum absolute atomic E-state index is 0.0164. The first-order valence-corrected chi connectivity index (χ1v) is 11.2. The highest BCUT2D eigenvalue weighted by Crippen LogP contribution is 2.36. The highest BCUT2D eigenvalue weighted by molar-refractivity contribution is 8.26. The molecular formula is C23H23ClF3N3O2S. The van der Waals surface area contributed by atoms with Gasteiger partial charge in [0.15, 0.2) is 5.17 Å². The number of carbonyl (C=O) groups is 1. The number of nitrogens with zero attached hydrogens (tertiary/aromatic N) is 1. The number of hydrogen-bond acceptors (Lipinski definition) is 5. The minimum Gasteiger partial charge on any atom is -0.490 e. The van der Waals surface area contributed by atoms with E-state index >= 15 is 0 Å². The van der Waals surface area contributed by atoms with Gasteiger partial charge in [-0.3, -0.25) is 20.5 Å². The van der Waals surface area contributed by atoms with Gasteiger partial charge in [-0.15, -0.1) is 0 Å². The summed E-state index contributed by atoms with van der Waals surface area (Å²) in [6, 6.07) is 9.58. The van der Waals surface area contributed by atoms with Crippen LogP contribution in [0.4, 0.5) is 13.2 Å². The topological polar surface area (TPSA) is 77.2 Å². The summed E-state index contributed by atoms with van der Waals surface area (Å²) in [5.74, 6) is -0.569. The molecule has 0 bridgehead atoms. The van der Waals surface area contributed by atoms with E-state index in [-0.39, 0.29) is 34.7 Å². The average molecular weight is 498 g/mol. The van der Waals surface area contributed by atoms with Crippen LogP contribution < -0.4 is 4.74 Å². The van der Waals surface area contributed by atoms with E-state index in [1.54, 1.807) is 12.1 Å². The van der Waals surface area contributed by atoms with Gasteiger partial charge < -0.3 is 4.74 Å². The molecule has 2 aromatic rings. The molecule has 0 saturated heterocycles. The molecule has 0 heterocycles. The number of benzene rings is 2. The SMILES string of the molecule is C=CCOc1ccc(C(=N)SC(=N)N(CCCC)C(=O)c2ccccc2Cl)c(C(F)(F)F)c1. The Kier molecular flexibility index (Phi) is 9.55. The van der Waals surface area contributed by atoms with Gasteiger partial charge in [-0.25, -0.2) is 0 Å². The van der Waals surface area contributed by atoms with Crippen LogP contribution in [0.1, 0.15) is 41.3 Å². The zero-order chi connectivity index (χ0) is 24.6. The summed E-state index contributed by atoms with van der Waals surface area (Å²) in [6.07, 6.45) is -2.05. The molecule has 0 aliphatic carbocycles. The predicted octanol–water partition coefficient (Wildman–Crippen LogP) is 6.86. The number of unbranched alkanes of at least 4 members (excludes halogenated alkanes) is 1. The van der Waals surface area contributed by atoms with Crippen molar-refractivity contribution >= 4 is 39.5 Å². The number of carbonyl (C=O) groups excluding carboxylic acids is 1. The summed E-state index contributed by atoms with van der Waals surface area (Å²) >= 11 is 6.58. The van der Waals surface area contributed by atoms with Crippen molar-refractivity contribution in [2.75, 3.05) is 13.2 Å². The van der Waals surface area contributed by atoms with Gasteiger partial charge in [-0.2, -0.15) is 13.2 Å². The van der Waals surface area contributed by atoms with E-state index in [9.17, 15) is 18.0 Å². The molecule has 33 heavy (non-hydrogen) atoms. The molecule has 5 nitrogen and oxygen atoms in total. The van der Waals surface area contributed by atoms with Crippen LogP contribution in [0.3, 0.4) is 0 Å². The molecule has 2 N–H and O–H groups in total. The van der Waals surface area contributed by atoms with Crippen LogP contribution in [0.15, 0.2) is 55.1 Å². The standard InChI is InChI=1S/C23H23ClF3N3O2S/c1-3-5-12-30(21(31)17-8-6-7-9-19(17)24)22(29)33-20(28)16-11-10-15(32-13-4-2)14-18(16)23(25,26)27/h4,6-11,14,28-29H,2-3,5,12-13H2,1H3. The van der Waals surface area contributed by atoms with Crippen molar-refractivity contribution in [1.82, 2.24) is 4.90 Å². The second kappa shape index (κ2) is 11.9. The van der Waals surface area contributed by atoms with Crippen LogP contribution in [0, 0.1) is 10.8 Å². The summed E-state index contributed by atoms with van der Waals surface area (Å²) in [5.41, 5.74) is -1.30. The average Bonchev–Trinajstić information content (AvgIpc) is 2.77. The third-order valence-corrected chi connectivity index (χ3v) is 5.60. The lowest BCUT2D eigenvalue weighted by Crippen LogP contribution is -2.36. The molecule has 0 atom stereocenters. The summed E-state index contributed by atoms with van der Waals surface area (Å²) in [7, 11) is 0. The molecule has 0 radical (unpaired) electrons. The Morgan fingerprint density at radius 1 is 1.21 bits per heavy atom. The van der Waals surface area contributed by atoms with Gasteiger partial charge in [0.1, 0.15) is 17.4 Å². The Morgan fingerprint density at radius 3 is 2.52 bits per heavy atom. The van der Waals surface area contributed by atoms with Crippen molar-refractivity contribution in [1.29, 1.82) is 10.8 Å². The molecule has 2 aromatic carbocycles. The number of alkyl halides is 3. The number of halogens is 4. The number of amidine groups is 1. The largest absolute Gasteiger partial charge is 0.490 e. The number of nitrogens with one attached hydrogen (secondary N) is 2. The monoisotopic (exact) mass is 497 g/mol. The summed E-state index contributed by atoms with van der Waals surface area (Å²) in [5, 5.41) is 16.0. The molecule has 2 rings (SSSR count). The zero-order valence-electron chi connectivity index (χ0n) is 17.8. The molecule has 1 amide bonds. The zero-order valence-corrected chi connectivity index (χ0v) is 19.4. The number of hydrogen-bond donors (Lipinski definition) is 2. The maximum Gasteiger partial charge on any atom is 0.417 e. The van der Waals surface area contributed by atoms with E-state index in [4.69, 9.17) is 27.2 Å². The quantitative estimate of drug-likeness (QED) is 0.237. The first-order chi connectivity index (χ1) is 15.6. The highest BCUT2D eigenvalue weighted by Gasteiger charge is 2.35. The Bertz CT molecular complexity index is 1040. The number of thioether (sulfide) groups is 1. The minimum atomic E-state index is -4.74. The lowest BCUT2D eigenvalue weighted by molar-refractivity contribution is -0.137. The van der Waals surface area contributed by atoms with Crippen molar-refractivity contribution in [2.24, 2.45) is 0 Å². The van der Waals surface area contributed by atoms with Gasteiger partial charge in [0, 0.05) is 12.1 Å². The van der Waals surface area contributed by atoms with E-state index in [2.05, 4.69) is 6.58 Å². The second-order valence-electron chi connectivity index (χ2n) is 6.83. The Hall–Kier alpha value is -2.78. The summed E-state index contributed by atoms with van der Waals surface area (Å²) in [4.78, 5) is 14.1. The Balaban J connectivity index is 2.32. The molecular weight excluding hydrogens is 475 g/mol. The van der Waals surface area contributed by atoms with E-state index < -0.39 is 28.3 Å². The van der Waals surface area contributed by atoms with Crippen LogP contribution in [-0.2, 0) is 6.18 Å². The maximum absolute atomic E-state index is 13.7. The molecule has 0 aromatic heterocycles. The normalized spacial score (nSPS) is 11.1. The molecule has 0 aliphatic heterocycles. The summed E-state index contributed by atoms with van der Waals surface area (Å²) < 4.78 is 46.1. The van der Waals surface area contributed by atoms with Crippen LogP contribution in [0.5, 0.6) is 5.75 Å². The number of ether oxygens (including phenoxy) is 1. The van der Waals surface area contributed by atoms with Gasteiger partial charge in [0.05, 0.1) is 16.1 Å². The second-order valence-corrected chi connectivity index (χ2v) is 8.24. The van der Waals surface area contributed by atoms with Crippen molar-refractivity contribution in [3.63, 3.8) is 0 Å². The predicted molar refractivity (Wildman–Crippen MR) is 127 cm³/mol. The fourth-order valence-electron chi connectivity index (χ4n) is 2.80. The van der Waals surface area contributed by atoms with Crippen molar-refractivity contribution in [3.8, 4) is 5.75 Å². The fraction of sp³-hybridized carbons (Fsp3) is 0.261. The van der Waals surface area contributed by atoms with E-state index in [1.807, 2.05) is 6.92 Å².